The molecule has 1 aromatic heterocycles. The van der Waals surface area contributed by atoms with Gasteiger partial charge in [0, 0.05) is 16.9 Å². The van der Waals surface area contributed by atoms with Crippen molar-refractivity contribution in [2.45, 2.75) is 18.4 Å². The normalized spacial score (nSPS) is 14.4. The number of piperidine rings is 1. The van der Waals surface area contributed by atoms with Crippen molar-refractivity contribution in [3.63, 3.8) is 0 Å². The number of anilines is 1. The Labute approximate surface area is 262 Å². The molecule has 1 fully saturated rings. The van der Waals surface area contributed by atoms with E-state index in [9.17, 15) is 4.79 Å². The number of aromatic nitrogens is 2. The van der Waals surface area contributed by atoms with E-state index in [1.54, 1.807) is 12.1 Å². The van der Waals surface area contributed by atoms with Crippen LogP contribution in [0.15, 0.2) is 133 Å². The van der Waals surface area contributed by atoms with Gasteiger partial charge in [0.15, 0.2) is 5.82 Å². The van der Waals surface area contributed by atoms with Crippen LogP contribution in [0.3, 0.4) is 0 Å². The van der Waals surface area contributed by atoms with Gasteiger partial charge in [-0.1, -0.05) is 115 Å². The molecule has 1 aliphatic heterocycles. The molecule has 0 atom stereocenters. The monoisotopic (exact) mass is 594 g/mol. The lowest BCUT2D eigenvalue weighted by Gasteiger charge is -2.37. The second-order valence-corrected chi connectivity index (χ2v) is 11.8. The highest BCUT2D eigenvalue weighted by molar-refractivity contribution is 6.02. The molecule has 1 N–H and O–H groups in total. The number of hydrogen-bond acceptors (Lipinski definition) is 3. The fourth-order valence-electron chi connectivity index (χ4n) is 6.72. The minimum atomic E-state index is -0.877. The molecule has 1 aliphatic rings. The van der Waals surface area contributed by atoms with Gasteiger partial charge in [-0.2, -0.15) is 5.10 Å². The molecule has 0 aliphatic carbocycles. The van der Waals surface area contributed by atoms with Crippen LogP contribution in [-0.4, -0.2) is 40.7 Å². The van der Waals surface area contributed by atoms with Gasteiger partial charge in [0.1, 0.15) is 11.4 Å². The maximum Gasteiger partial charge on any atom is 0.228 e. The number of carbonyl (C=O) groups excluding carboxylic acids is 1. The molecule has 6 heteroatoms. The van der Waals surface area contributed by atoms with Crippen LogP contribution in [-0.2, 0) is 10.3 Å². The molecular formula is C39H35FN4O. The molecule has 5 aromatic carbocycles. The fourth-order valence-corrected chi connectivity index (χ4v) is 6.72. The van der Waals surface area contributed by atoms with E-state index in [0.29, 0.717) is 11.4 Å². The zero-order valence-electron chi connectivity index (χ0n) is 25.2. The highest BCUT2D eigenvalue weighted by Gasteiger charge is 2.41. The van der Waals surface area contributed by atoms with Crippen LogP contribution in [0.4, 0.5) is 10.2 Å². The summed E-state index contributed by atoms with van der Waals surface area (Å²) in [6.07, 6.45) is 1.59. The number of rotatable bonds is 7. The Hall–Kier alpha value is -5.07. The molecule has 5 nitrogen and oxygen atoms in total. The van der Waals surface area contributed by atoms with E-state index >= 15 is 4.39 Å². The van der Waals surface area contributed by atoms with E-state index in [1.807, 2.05) is 83.5 Å². The molecule has 0 unspecified atom stereocenters. The van der Waals surface area contributed by atoms with Crippen molar-refractivity contribution >= 4 is 22.6 Å². The highest BCUT2D eigenvalue weighted by Crippen LogP contribution is 2.44. The molecule has 1 amide bonds. The molecule has 0 radical (unpaired) electrons. The summed E-state index contributed by atoms with van der Waals surface area (Å²) in [6.45, 7) is 1.76. The van der Waals surface area contributed by atoms with Crippen molar-refractivity contribution in [3.05, 3.63) is 156 Å². The first-order chi connectivity index (χ1) is 22.1. The lowest BCUT2D eigenvalue weighted by molar-refractivity contribution is -0.121. The molecule has 1 saturated heterocycles. The van der Waals surface area contributed by atoms with Gasteiger partial charge in [0.2, 0.25) is 5.91 Å². The van der Waals surface area contributed by atoms with Crippen molar-refractivity contribution in [2.75, 3.05) is 25.5 Å². The van der Waals surface area contributed by atoms with E-state index in [4.69, 9.17) is 5.10 Å². The summed E-state index contributed by atoms with van der Waals surface area (Å²) >= 11 is 0. The molecule has 0 saturated carbocycles. The molecule has 0 bridgehead atoms. The SMILES string of the molecule is CN1CCC(C(=O)Nc2nn(C(c3ccccc3)(c3ccccc3)c3ccccc3)c3ccc(-c4ccccc4F)cc23)CC1. The summed E-state index contributed by atoms with van der Waals surface area (Å²) in [4.78, 5) is 16.0. The summed E-state index contributed by atoms with van der Waals surface area (Å²) in [6, 6.07) is 43.7. The number of nitrogens with zero attached hydrogens (tertiary/aromatic N) is 3. The minimum Gasteiger partial charge on any atom is -0.308 e. The fraction of sp³-hybridized carbons (Fsp3) is 0.179. The summed E-state index contributed by atoms with van der Waals surface area (Å²) in [5.74, 6) is 0.0431. The van der Waals surface area contributed by atoms with Gasteiger partial charge < -0.3 is 10.2 Å². The van der Waals surface area contributed by atoms with E-state index < -0.39 is 5.54 Å². The predicted octanol–water partition coefficient (Wildman–Crippen LogP) is 7.96. The molecular weight excluding hydrogens is 559 g/mol. The van der Waals surface area contributed by atoms with E-state index in [0.717, 1.165) is 59.1 Å². The molecule has 2 heterocycles. The zero-order valence-corrected chi connectivity index (χ0v) is 25.2. The first kappa shape index (κ1) is 28.7. The number of hydrogen-bond donors (Lipinski definition) is 1. The van der Waals surface area contributed by atoms with Crippen molar-refractivity contribution in [1.82, 2.24) is 14.7 Å². The number of fused-ring (bicyclic) bond motifs is 1. The standard InChI is InChI=1S/C39H35FN4O/c1-43-25-23-28(24-26-43)38(45)41-37-34-27-29(33-19-11-12-20-35(33)40)21-22-36(34)44(42-37)39(30-13-5-2-6-14-30,31-15-7-3-8-16-31)32-17-9-4-10-18-32/h2-22,27-28H,23-26H2,1H3,(H,41,42,45). The van der Waals surface area contributed by atoms with Crippen LogP contribution >= 0.6 is 0 Å². The van der Waals surface area contributed by atoms with E-state index in [-0.39, 0.29) is 17.6 Å². The molecule has 0 spiro atoms. The smallest absolute Gasteiger partial charge is 0.228 e. The van der Waals surface area contributed by atoms with Gasteiger partial charge in [0.05, 0.1) is 5.52 Å². The summed E-state index contributed by atoms with van der Waals surface area (Å²) < 4.78 is 17.1. The van der Waals surface area contributed by atoms with Crippen LogP contribution < -0.4 is 5.32 Å². The van der Waals surface area contributed by atoms with Crippen molar-refractivity contribution in [2.24, 2.45) is 5.92 Å². The van der Waals surface area contributed by atoms with Gasteiger partial charge in [-0.3, -0.25) is 4.79 Å². The third kappa shape index (κ3) is 5.21. The molecule has 6 aromatic rings. The largest absolute Gasteiger partial charge is 0.308 e. The second kappa shape index (κ2) is 12.1. The van der Waals surface area contributed by atoms with Crippen molar-refractivity contribution < 1.29 is 9.18 Å². The van der Waals surface area contributed by atoms with Crippen LogP contribution in [0.2, 0.25) is 0 Å². The zero-order chi connectivity index (χ0) is 30.8. The predicted molar refractivity (Wildman–Crippen MR) is 179 cm³/mol. The maximum atomic E-state index is 15.0. The van der Waals surface area contributed by atoms with E-state index in [1.165, 1.54) is 6.07 Å². The van der Waals surface area contributed by atoms with Crippen LogP contribution in [0, 0.1) is 11.7 Å². The summed E-state index contributed by atoms with van der Waals surface area (Å²) in [7, 11) is 2.09. The average Bonchev–Trinajstić information content (AvgIpc) is 3.44. The lowest BCUT2D eigenvalue weighted by Crippen LogP contribution is -2.39. The summed E-state index contributed by atoms with van der Waals surface area (Å²) in [5.41, 5.74) is 4.25. The van der Waals surface area contributed by atoms with Crippen LogP contribution in [0.5, 0.6) is 0 Å². The quantitative estimate of drug-likeness (QED) is 0.191. The van der Waals surface area contributed by atoms with Crippen LogP contribution in [0.1, 0.15) is 29.5 Å². The lowest BCUT2D eigenvalue weighted by atomic mass is 9.77. The summed E-state index contributed by atoms with van der Waals surface area (Å²) in [5, 5.41) is 9.26. The van der Waals surface area contributed by atoms with Gasteiger partial charge in [-0.05, 0) is 73.4 Å². The van der Waals surface area contributed by atoms with Crippen molar-refractivity contribution in [1.29, 1.82) is 0 Å². The van der Waals surface area contributed by atoms with Gasteiger partial charge in [-0.25, -0.2) is 9.07 Å². The Bertz CT molecular complexity index is 1830. The topological polar surface area (TPSA) is 50.2 Å². The number of halogens is 1. The highest BCUT2D eigenvalue weighted by atomic mass is 19.1. The Morgan fingerprint density at radius 1 is 0.756 bits per heavy atom. The maximum absolute atomic E-state index is 15.0. The van der Waals surface area contributed by atoms with E-state index in [2.05, 4.69) is 53.7 Å². The molecule has 224 valence electrons. The van der Waals surface area contributed by atoms with Crippen molar-refractivity contribution in [3.8, 4) is 11.1 Å². The van der Waals surface area contributed by atoms with Gasteiger partial charge >= 0.3 is 0 Å². The number of nitrogens with one attached hydrogen (secondary N) is 1. The number of carbonyl (C=O) groups is 1. The minimum absolute atomic E-state index is 0.0318. The van der Waals surface area contributed by atoms with Gasteiger partial charge in [0.25, 0.3) is 0 Å². The Kier molecular flexibility index (Phi) is 7.74. The number of amides is 1. The first-order valence-electron chi connectivity index (χ1n) is 15.5. The number of benzene rings is 5. The third-order valence-electron chi connectivity index (χ3n) is 9.09. The Morgan fingerprint density at radius 3 is 1.84 bits per heavy atom. The number of likely N-dealkylation sites (tertiary alicyclic amines) is 1. The Balaban J connectivity index is 1.50. The first-order valence-corrected chi connectivity index (χ1v) is 15.5. The molecule has 45 heavy (non-hydrogen) atoms. The average molecular weight is 595 g/mol. The molecule has 7 rings (SSSR count). The third-order valence-corrected chi connectivity index (χ3v) is 9.09. The second-order valence-electron chi connectivity index (χ2n) is 11.8. The van der Waals surface area contributed by atoms with Crippen LogP contribution in [0.25, 0.3) is 22.0 Å². The van der Waals surface area contributed by atoms with Gasteiger partial charge in [-0.15, -0.1) is 0 Å². The Morgan fingerprint density at radius 2 is 1.29 bits per heavy atom.